The Hall–Kier alpha value is -5.32. The molecule has 344 valence electrons. The Kier molecular flexibility index (Phi) is 17.8. The van der Waals surface area contributed by atoms with Crippen molar-refractivity contribution < 1.29 is 57.3 Å². The van der Waals surface area contributed by atoms with Crippen molar-refractivity contribution >= 4 is 11.9 Å². The molecule has 13 nitrogen and oxygen atoms in total. The van der Waals surface area contributed by atoms with Gasteiger partial charge in [-0.3, -0.25) is 9.59 Å². The predicted molar refractivity (Wildman–Crippen MR) is 240 cm³/mol. The molecule has 0 unspecified atom stereocenters. The second kappa shape index (κ2) is 24.3. The van der Waals surface area contributed by atoms with Crippen LogP contribution in [0.5, 0.6) is 0 Å². The van der Waals surface area contributed by atoms with Crippen LogP contribution in [0.4, 0.5) is 0 Å². The van der Waals surface area contributed by atoms with Crippen molar-refractivity contribution in [1.29, 1.82) is 0 Å². The zero-order valence-electron chi connectivity index (χ0n) is 37.0. The zero-order valence-corrected chi connectivity index (χ0v) is 37.0. The normalized spacial score (nSPS) is 25.4. The van der Waals surface area contributed by atoms with Crippen molar-refractivity contribution in [2.24, 2.45) is 0 Å². The molecule has 1 amide bonds. The summed E-state index contributed by atoms with van der Waals surface area (Å²) in [5.74, 6) is -1.01. The number of hydrogen-bond acceptors (Lipinski definition) is 12. The van der Waals surface area contributed by atoms with Gasteiger partial charge in [-0.05, 0) is 34.7 Å². The molecule has 0 aromatic heterocycles. The van der Waals surface area contributed by atoms with E-state index >= 15 is 0 Å². The maximum atomic E-state index is 13.2. The van der Waals surface area contributed by atoms with Crippen molar-refractivity contribution in [1.82, 2.24) is 5.32 Å². The third-order valence-corrected chi connectivity index (χ3v) is 11.2. The summed E-state index contributed by atoms with van der Waals surface area (Å²) in [5, 5.41) is 14.0. The lowest BCUT2D eigenvalue weighted by Crippen LogP contribution is -2.69. The fourth-order valence-electron chi connectivity index (χ4n) is 7.96. The van der Waals surface area contributed by atoms with Gasteiger partial charge in [-0.1, -0.05) is 151 Å². The van der Waals surface area contributed by atoms with E-state index in [0.29, 0.717) is 0 Å². The topological polar surface area (TPSA) is 149 Å². The summed E-state index contributed by atoms with van der Waals surface area (Å²) in [6.07, 6.45) is -9.53. The molecule has 5 aromatic rings. The minimum atomic E-state index is -1.39. The van der Waals surface area contributed by atoms with Crippen LogP contribution in [-0.4, -0.2) is 91.5 Å². The molecular weight excluding hydrogens is 831 g/mol. The lowest BCUT2D eigenvalue weighted by atomic mass is 9.94. The standard InChI is InChI=1S/C52H59NO12/c1-35-24-26-42(27-25-35)29-57-34-44-47(59-31-39-18-10-5-11-19-39)48(45(53-36(2)55)51(64-44)61-33-41-22-14-7-15-23-41)65-52-50(62-37(3)56)49(60-32-40-20-12-6-13-21-40)46(43(28-54)63-52)58-30-38-16-8-4-9-17-38/h4-27,43-52,54H,28-34H2,1-3H3,(H,53,55)/t43-,44-,45-,46-,47-,48-,49+,50-,51-,52+/m1/s1. The number of esters is 1. The first-order valence-electron chi connectivity index (χ1n) is 22.0. The number of aryl methyl sites for hydroxylation is 1. The average molecular weight is 890 g/mol. The highest BCUT2D eigenvalue weighted by atomic mass is 16.7. The maximum Gasteiger partial charge on any atom is 0.303 e. The smallest absolute Gasteiger partial charge is 0.303 e. The van der Waals surface area contributed by atoms with Crippen molar-refractivity contribution in [3.05, 3.63) is 179 Å². The van der Waals surface area contributed by atoms with Crippen LogP contribution in [0.2, 0.25) is 0 Å². The second-order valence-corrected chi connectivity index (χ2v) is 16.3. The predicted octanol–water partition coefficient (Wildman–Crippen LogP) is 6.75. The number of amides is 1. The third-order valence-electron chi connectivity index (χ3n) is 11.2. The first-order chi connectivity index (χ1) is 31.7. The van der Waals surface area contributed by atoms with E-state index in [1.54, 1.807) is 0 Å². The van der Waals surface area contributed by atoms with Crippen molar-refractivity contribution in [3.63, 3.8) is 0 Å². The molecule has 10 atom stereocenters. The fraction of sp³-hybridized carbons (Fsp3) is 0.385. The number of aliphatic hydroxyl groups is 1. The number of rotatable bonds is 21. The maximum absolute atomic E-state index is 13.2. The zero-order chi connectivity index (χ0) is 45.4. The summed E-state index contributed by atoms with van der Waals surface area (Å²) < 4.78 is 59.3. The number of carbonyl (C=O) groups excluding carboxylic acids is 2. The molecular formula is C52H59NO12. The lowest BCUT2D eigenvalue weighted by Gasteiger charge is -2.50. The lowest BCUT2D eigenvalue weighted by molar-refractivity contribution is -0.357. The SMILES string of the molecule is CC(=O)N[C@H]1[C@H](OCc2ccccc2)O[C@H](COCc2ccc(C)cc2)[C@@H](OCc2ccccc2)[C@@H]1O[C@@H]1O[C@H](CO)[C@@H](OCc2ccccc2)[C@H](OCc2ccccc2)[C@H]1OC(C)=O. The Balaban J connectivity index is 1.26. The molecule has 65 heavy (non-hydrogen) atoms. The Morgan fingerprint density at radius 3 is 1.45 bits per heavy atom. The monoisotopic (exact) mass is 889 g/mol. The van der Waals surface area contributed by atoms with Crippen LogP contribution in [0.1, 0.15) is 47.2 Å². The number of ether oxygens (including phenoxy) is 9. The summed E-state index contributed by atoms with van der Waals surface area (Å²) >= 11 is 0. The van der Waals surface area contributed by atoms with Gasteiger partial charge < -0.3 is 53.1 Å². The van der Waals surface area contributed by atoms with Crippen LogP contribution in [0.15, 0.2) is 146 Å². The summed E-state index contributed by atoms with van der Waals surface area (Å²) in [5.41, 5.74) is 5.59. The molecule has 0 spiro atoms. The first-order valence-corrected chi connectivity index (χ1v) is 22.0. The number of aliphatic hydroxyl groups excluding tert-OH is 1. The van der Waals surface area contributed by atoms with Crippen LogP contribution in [-0.2, 0) is 85.3 Å². The molecule has 5 aromatic carbocycles. The molecule has 7 rings (SSSR count). The Morgan fingerprint density at radius 2 is 0.969 bits per heavy atom. The van der Waals surface area contributed by atoms with Crippen LogP contribution in [0.25, 0.3) is 0 Å². The van der Waals surface area contributed by atoms with Gasteiger partial charge in [0.1, 0.15) is 42.7 Å². The highest BCUT2D eigenvalue weighted by Crippen LogP contribution is 2.36. The number of hydrogen-bond donors (Lipinski definition) is 2. The van der Waals surface area contributed by atoms with Gasteiger partial charge in [-0.25, -0.2) is 0 Å². The highest BCUT2D eigenvalue weighted by molar-refractivity contribution is 5.73. The molecule has 0 radical (unpaired) electrons. The molecule has 2 aliphatic heterocycles. The first kappa shape index (κ1) is 47.6. The summed E-state index contributed by atoms with van der Waals surface area (Å²) in [7, 11) is 0. The summed E-state index contributed by atoms with van der Waals surface area (Å²) in [6, 6.07) is 45.4. The van der Waals surface area contributed by atoms with E-state index in [0.717, 1.165) is 33.4 Å². The van der Waals surface area contributed by atoms with E-state index < -0.39 is 73.9 Å². The number of carbonyl (C=O) groups is 2. The largest absolute Gasteiger partial charge is 0.454 e. The van der Waals surface area contributed by atoms with E-state index in [1.165, 1.54) is 13.8 Å². The van der Waals surface area contributed by atoms with E-state index in [2.05, 4.69) is 5.32 Å². The molecule has 0 bridgehead atoms. The minimum absolute atomic E-state index is 0.0432. The number of nitrogens with one attached hydrogen (secondary N) is 1. The van der Waals surface area contributed by atoms with Crippen LogP contribution in [0, 0.1) is 6.92 Å². The molecule has 0 saturated carbocycles. The molecule has 2 fully saturated rings. The summed E-state index contributed by atoms with van der Waals surface area (Å²) in [6.45, 7) is 5.09. The van der Waals surface area contributed by atoms with Gasteiger partial charge in [-0.2, -0.15) is 0 Å². The van der Waals surface area contributed by atoms with Crippen molar-refractivity contribution in [2.75, 3.05) is 13.2 Å². The van der Waals surface area contributed by atoms with Crippen LogP contribution >= 0.6 is 0 Å². The number of benzene rings is 5. The van der Waals surface area contributed by atoms with Gasteiger partial charge in [0, 0.05) is 13.8 Å². The quantitative estimate of drug-likeness (QED) is 0.0752. The van der Waals surface area contributed by atoms with Gasteiger partial charge in [0.25, 0.3) is 0 Å². The van der Waals surface area contributed by atoms with Crippen molar-refractivity contribution in [3.8, 4) is 0 Å². The Morgan fingerprint density at radius 1 is 0.523 bits per heavy atom. The van der Waals surface area contributed by atoms with E-state index in [1.807, 2.05) is 153 Å². The Labute approximate surface area is 380 Å². The molecule has 2 saturated heterocycles. The third kappa shape index (κ3) is 13.8. The van der Waals surface area contributed by atoms with Gasteiger partial charge in [0.05, 0.1) is 46.2 Å². The van der Waals surface area contributed by atoms with Crippen LogP contribution < -0.4 is 5.32 Å². The molecule has 13 heteroatoms. The minimum Gasteiger partial charge on any atom is -0.454 e. The van der Waals surface area contributed by atoms with Gasteiger partial charge in [-0.15, -0.1) is 0 Å². The summed E-state index contributed by atoms with van der Waals surface area (Å²) in [4.78, 5) is 26.3. The van der Waals surface area contributed by atoms with Crippen LogP contribution in [0.3, 0.4) is 0 Å². The molecule has 2 heterocycles. The van der Waals surface area contributed by atoms with E-state index in [9.17, 15) is 14.7 Å². The van der Waals surface area contributed by atoms with Crippen molar-refractivity contribution in [2.45, 2.75) is 115 Å². The fourth-order valence-corrected chi connectivity index (χ4v) is 7.96. The molecule has 2 aliphatic rings. The Bertz CT molecular complexity index is 2160. The van der Waals surface area contributed by atoms with Gasteiger partial charge >= 0.3 is 5.97 Å². The van der Waals surface area contributed by atoms with Gasteiger partial charge in [0.2, 0.25) is 5.91 Å². The van der Waals surface area contributed by atoms with Gasteiger partial charge in [0.15, 0.2) is 18.7 Å². The van der Waals surface area contributed by atoms with E-state index in [-0.39, 0.29) is 45.5 Å². The highest BCUT2D eigenvalue weighted by Gasteiger charge is 2.55. The molecule has 0 aliphatic carbocycles. The van der Waals surface area contributed by atoms with E-state index in [4.69, 9.17) is 42.6 Å². The average Bonchev–Trinajstić information content (AvgIpc) is 3.32. The molecule has 2 N–H and O–H groups in total. The second-order valence-electron chi connectivity index (χ2n) is 16.3.